The molecule has 1 aromatic heterocycles. The summed E-state index contributed by atoms with van der Waals surface area (Å²) >= 11 is 1.34. The van der Waals surface area contributed by atoms with Crippen LogP contribution in [0.4, 0.5) is 10.1 Å². The molecule has 0 aliphatic rings. The molecule has 8 heteroatoms. The summed E-state index contributed by atoms with van der Waals surface area (Å²) in [7, 11) is 0. The van der Waals surface area contributed by atoms with Gasteiger partial charge in [-0.1, -0.05) is 30.0 Å². The summed E-state index contributed by atoms with van der Waals surface area (Å²) in [6.45, 7) is 7.75. The molecule has 0 spiro atoms. The van der Waals surface area contributed by atoms with Crippen LogP contribution in [-0.2, 0) is 4.79 Å². The maximum Gasteiger partial charge on any atom is 0.237 e. The average Bonchev–Trinajstić information content (AvgIpc) is 3.14. The standard InChI is InChI=1S/C22H25FN4O2S/c1-14(2)27-20(15(3)29-19-12-10-17(23)11-13-19)25-26-22(27)30-16(4)21(28)24-18-8-6-5-7-9-18/h5-16H,1-4H3,(H,24,28). The van der Waals surface area contributed by atoms with E-state index in [9.17, 15) is 9.18 Å². The molecular formula is C22H25FN4O2S. The first-order valence-corrected chi connectivity index (χ1v) is 10.6. The van der Waals surface area contributed by atoms with Gasteiger partial charge in [0, 0.05) is 11.7 Å². The predicted molar refractivity (Wildman–Crippen MR) is 116 cm³/mol. The number of carbonyl (C=O) groups is 1. The van der Waals surface area contributed by atoms with Gasteiger partial charge in [0.25, 0.3) is 0 Å². The van der Waals surface area contributed by atoms with Crippen molar-refractivity contribution in [3.05, 3.63) is 66.2 Å². The lowest BCUT2D eigenvalue weighted by atomic mass is 10.3. The van der Waals surface area contributed by atoms with E-state index in [2.05, 4.69) is 15.5 Å². The number of rotatable bonds is 8. The van der Waals surface area contributed by atoms with Crippen LogP contribution in [-0.4, -0.2) is 25.9 Å². The van der Waals surface area contributed by atoms with E-state index >= 15 is 0 Å². The summed E-state index contributed by atoms with van der Waals surface area (Å²) < 4.78 is 21.0. The van der Waals surface area contributed by atoms with E-state index in [1.165, 1.54) is 23.9 Å². The van der Waals surface area contributed by atoms with Gasteiger partial charge in [-0.25, -0.2) is 4.39 Å². The fourth-order valence-electron chi connectivity index (χ4n) is 2.88. The number of nitrogens with zero attached hydrogens (tertiary/aromatic N) is 3. The lowest BCUT2D eigenvalue weighted by Gasteiger charge is -2.19. The molecular weight excluding hydrogens is 403 g/mol. The van der Waals surface area contributed by atoms with Crippen molar-refractivity contribution in [2.75, 3.05) is 5.32 Å². The van der Waals surface area contributed by atoms with E-state index in [1.807, 2.05) is 62.6 Å². The highest BCUT2D eigenvalue weighted by Crippen LogP contribution is 2.30. The maximum atomic E-state index is 13.1. The number of para-hydroxylation sites is 1. The van der Waals surface area contributed by atoms with Gasteiger partial charge in [0.2, 0.25) is 5.91 Å². The van der Waals surface area contributed by atoms with E-state index in [0.717, 1.165) is 5.69 Å². The smallest absolute Gasteiger partial charge is 0.237 e. The second-order valence-electron chi connectivity index (χ2n) is 7.13. The monoisotopic (exact) mass is 428 g/mol. The number of ether oxygens (including phenoxy) is 1. The van der Waals surface area contributed by atoms with Crippen LogP contribution in [0, 0.1) is 5.82 Å². The van der Waals surface area contributed by atoms with Crippen LogP contribution < -0.4 is 10.1 Å². The van der Waals surface area contributed by atoms with Gasteiger partial charge in [-0.15, -0.1) is 10.2 Å². The molecule has 1 amide bonds. The molecule has 0 fully saturated rings. The molecule has 3 rings (SSSR count). The quantitative estimate of drug-likeness (QED) is 0.496. The molecule has 1 N–H and O–H groups in total. The molecule has 2 atom stereocenters. The Hall–Kier alpha value is -2.87. The Labute approximate surface area is 179 Å². The third kappa shape index (κ3) is 5.38. The number of amides is 1. The van der Waals surface area contributed by atoms with Crippen molar-refractivity contribution in [3.8, 4) is 5.75 Å². The van der Waals surface area contributed by atoms with Gasteiger partial charge in [0.05, 0.1) is 5.25 Å². The van der Waals surface area contributed by atoms with Crippen molar-refractivity contribution in [1.29, 1.82) is 0 Å². The van der Waals surface area contributed by atoms with Crippen LogP contribution >= 0.6 is 11.8 Å². The highest BCUT2D eigenvalue weighted by atomic mass is 32.2. The number of thioether (sulfide) groups is 1. The van der Waals surface area contributed by atoms with Gasteiger partial charge in [0.1, 0.15) is 11.6 Å². The lowest BCUT2D eigenvalue weighted by Crippen LogP contribution is -2.23. The number of benzene rings is 2. The summed E-state index contributed by atoms with van der Waals surface area (Å²) in [6.07, 6.45) is -0.395. The van der Waals surface area contributed by atoms with E-state index in [4.69, 9.17) is 4.74 Å². The molecule has 3 aromatic rings. The van der Waals surface area contributed by atoms with Crippen molar-refractivity contribution < 1.29 is 13.9 Å². The van der Waals surface area contributed by atoms with E-state index in [-0.39, 0.29) is 23.0 Å². The minimum absolute atomic E-state index is 0.0705. The lowest BCUT2D eigenvalue weighted by molar-refractivity contribution is -0.115. The molecule has 0 aliphatic carbocycles. The second kappa shape index (κ2) is 9.75. The van der Waals surface area contributed by atoms with Crippen molar-refractivity contribution >= 4 is 23.4 Å². The Morgan fingerprint density at radius 3 is 2.33 bits per heavy atom. The van der Waals surface area contributed by atoms with Crippen molar-refractivity contribution in [3.63, 3.8) is 0 Å². The summed E-state index contributed by atoms with van der Waals surface area (Å²) in [4.78, 5) is 12.6. The van der Waals surface area contributed by atoms with Crippen molar-refractivity contribution in [2.24, 2.45) is 0 Å². The molecule has 0 radical (unpaired) electrons. The minimum Gasteiger partial charge on any atom is -0.483 e. The molecule has 2 unspecified atom stereocenters. The molecule has 0 aliphatic heterocycles. The summed E-state index contributed by atoms with van der Waals surface area (Å²) in [6, 6.07) is 15.3. The number of hydrogen-bond donors (Lipinski definition) is 1. The SMILES string of the molecule is CC(Sc1nnc(C(C)Oc2ccc(F)cc2)n1C(C)C)C(=O)Nc1ccccc1. The second-order valence-corrected chi connectivity index (χ2v) is 8.44. The molecule has 0 saturated carbocycles. The summed E-state index contributed by atoms with van der Waals surface area (Å²) in [5.41, 5.74) is 0.752. The van der Waals surface area contributed by atoms with Gasteiger partial charge < -0.3 is 14.6 Å². The average molecular weight is 429 g/mol. The first-order chi connectivity index (χ1) is 14.3. The third-order valence-corrected chi connectivity index (χ3v) is 5.45. The molecule has 1 heterocycles. The number of halogens is 1. The van der Waals surface area contributed by atoms with E-state index in [0.29, 0.717) is 16.7 Å². The fourth-order valence-corrected chi connectivity index (χ4v) is 3.87. The highest BCUT2D eigenvalue weighted by molar-refractivity contribution is 8.00. The van der Waals surface area contributed by atoms with Gasteiger partial charge in [-0.05, 0) is 64.1 Å². The topological polar surface area (TPSA) is 69.0 Å². The largest absolute Gasteiger partial charge is 0.483 e. The van der Waals surface area contributed by atoms with E-state index < -0.39 is 6.10 Å². The van der Waals surface area contributed by atoms with Crippen molar-refractivity contribution in [1.82, 2.24) is 14.8 Å². The van der Waals surface area contributed by atoms with Gasteiger partial charge in [-0.2, -0.15) is 0 Å². The zero-order valence-electron chi connectivity index (χ0n) is 17.4. The molecule has 30 heavy (non-hydrogen) atoms. The number of carbonyl (C=O) groups excluding carboxylic acids is 1. The zero-order valence-corrected chi connectivity index (χ0v) is 18.2. The molecule has 6 nitrogen and oxygen atoms in total. The fraction of sp³-hybridized carbons (Fsp3) is 0.318. The zero-order chi connectivity index (χ0) is 21.7. The van der Waals surface area contributed by atoms with Crippen molar-refractivity contribution in [2.45, 2.75) is 50.2 Å². The molecule has 2 aromatic carbocycles. The number of anilines is 1. The van der Waals surface area contributed by atoms with Crippen LogP contribution in [0.5, 0.6) is 5.75 Å². The third-order valence-electron chi connectivity index (χ3n) is 4.39. The number of hydrogen-bond acceptors (Lipinski definition) is 5. The molecule has 0 bridgehead atoms. The van der Waals surface area contributed by atoms with Crippen LogP contribution in [0.1, 0.15) is 45.7 Å². The van der Waals surface area contributed by atoms with Crippen LogP contribution in [0.2, 0.25) is 0 Å². The molecule has 0 saturated heterocycles. The van der Waals surface area contributed by atoms with Crippen LogP contribution in [0.3, 0.4) is 0 Å². The minimum atomic E-state index is -0.395. The Morgan fingerprint density at radius 2 is 1.70 bits per heavy atom. The number of nitrogens with one attached hydrogen (secondary N) is 1. The van der Waals surface area contributed by atoms with Crippen LogP contribution in [0.15, 0.2) is 59.8 Å². The van der Waals surface area contributed by atoms with Gasteiger partial charge in [0.15, 0.2) is 17.1 Å². The summed E-state index contributed by atoms with van der Waals surface area (Å²) in [5, 5.41) is 11.8. The highest BCUT2D eigenvalue weighted by Gasteiger charge is 2.25. The van der Waals surface area contributed by atoms with E-state index in [1.54, 1.807) is 12.1 Å². The first kappa shape index (κ1) is 21.8. The van der Waals surface area contributed by atoms with Gasteiger partial charge >= 0.3 is 0 Å². The Morgan fingerprint density at radius 1 is 1.03 bits per heavy atom. The normalized spacial score (nSPS) is 13.1. The van der Waals surface area contributed by atoms with Crippen LogP contribution in [0.25, 0.3) is 0 Å². The predicted octanol–water partition coefficient (Wildman–Crippen LogP) is 5.26. The maximum absolute atomic E-state index is 13.1. The summed E-state index contributed by atoms with van der Waals surface area (Å²) in [5.74, 6) is 0.767. The number of aromatic nitrogens is 3. The Balaban J connectivity index is 1.73. The Bertz CT molecular complexity index is 977. The van der Waals surface area contributed by atoms with Gasteiger partial charge in [-0.3, -0.25) is 4.79 Å². The molecule has 158 valence electrons. The first-order valence-electron chi connectivity index (χ1n) is 9.74. The Kier molecular flexibility index (Phi) is 7.10.